The molecule has 128 valence electrons. The van der Waals surface area contributed by atoms with E-state index >= 15 is 0 Å². The summed E-state index contributed by atoms with van der Waals surface area (Å²) in [5, 5.41) is 0.406. The van der Waals surface area contributed by atoms with Crippen LogP contribution in [0, 0.1) is 0 Å². The van der Waals surface area contributed by atoms with Gasteiger partial charge in [0, 0.05) is 26.3 Å². The Balaban J connectivity index is 1.85. The van der Waals surface area contributed by atoms with Crippen LogP contribution in [-0.4, -0.2) is 21.6 Å². The molecule has 0 saturated carbocycles. The van der Waals surface area contributed by atoms with Crippen LogP contribution in [0.4, 0.5) is 5.69 Å². The quantitative estimate of drug-likeness (QED) is 0.670. The van der Waals surface area contributed by atoms with Crippen molar-refractivity contribution in [3.8, 4) is 0 Å². The zero-order valence-electron chi connectivity index (χ0n) is 14.0. The Morgan fingerprint density at radius 2 is 1.88 bits per heavy atom. The molecule has 3 aromatic rings. The van der Waals surface area contributed by atoms with Crippen LogP contribution < -0.4 is 16.1 Å². The molecule has 1 aliphatic heterocycles. The van der Waals surface area contributed by atoms with E-state index in [0.29, 0.717) is 21.6 Å². The van der Waals surface area contributed by atoms with E-state index in [4.69, 9.17) is 0 Å². The van der Waals surface area contributed by atoms with E-state index in [2.05, 4.69) is 0 Å². The first-order valence-corrected chi connectivity index (χ1v) is 8.90. The van der Waals surface area contributed by atoms with Crippen LogP contribution in [0.15, 0.2) is 39.9 Å². The molecule has 25 heavy (non-hydrogen) atoms. The number of aryl methyl sites for hydroxylation is 2. The maximum atomic E-state index is 13.1. The molecule has 0 atom stereocenters. The third-order valence-corrected chi connectivity index (χ3v) is 5.89. The number of thiophene rings is 1. The fourth-order valence-electron chi connectivity index (χ4n) is 3.35. The Morgan fingerprint density at radius 1 is 1.12 bits per heavy atom. The van der Waals surface area contributed by atoms with Crippen molar-refractivity contribution < 1.29 is 4.79 Å². The second-order valence-corrected chi connectivity index (χ2v) is 7.25. The minimum Gasteiger partial charge on any atom is -0.307 e. The van der Waals surface area contributed by atoms with E-state index in [9.17, 15) is 14.4 Å². The minimum atomic E-state index is -0.387. The van der Waals surface area contributed by atoms with Crippen LogP contribution in [0.25, 0.3) is 10.2 Å². The fraction of sp³-hybridized carbons (Fsp3) is 0.278. The number of nitrogens with zero attached hydrogens (tertiary/aromatic N) is 3. The van der Waals surface area contributed by atoms with Gasteiger partial charge in [-0.05, 0) is 30.5 Å². The van der Waals surface area contributed by atoms with E-state index in [1.54, 1.807) is 18.0 Å². The lowest BCUT2D eigenvalue weighted by Gasteiger charge is -2.29. The minimum absolute atomic E-state index is 0.122. The van der Waals surface area contributed by atoms with Gasteiger partial charge < -0.3 is 4.90 Å². The normalized spacial score (nSPS) is 13.9. The Bertz CT molecular complexity index is 1120. The number of anilines is 1. The topological polar surface area (TPSA) is 64.3 Å². The van der Waals surface area contributed by atoms with Gasteiger partial charge in [0.2, 0.25) is 0 Å². The fourth-order valence-corrected chi connectivity index (χ4v) is 4.40. The van der Waals surface area contributed by atoms with Crippen molar-refractivity contribution in [1.29, 1.82) is 0 Å². The first kappa shape index (κ1) is 15.8. The lowest BCUT2D eigenvalue weighted by Crippen LogP contribution is -2.36. The molecule has 0 unspecified atom stereocenters. The molecule has 2 aromatic heterocycles. The van der Waals surface area contributed by atoms with E-state index < -0.39 is 0 Å². The zero-order valence-corrected chi connectivity index (χ0v) is 14.8. The number of amides is 1. The van der Waals surface area contributed by atoms with Crippen molar-refractivity contribution in [3.63, 3.8) is 0 Å². The summed E-state index contributed by atoms with van der Waals surface area (Å²) in [5.74, 6) is -0.122. The Kier molecular flexibility index (Phi) is 3.61. The van der Waals surface area contributed by atoms with Gasteiger partial charge in [0.15, 0.2) is 0 Å². The first-order chi connectivity index (χ1) is 12.0. The van der Waals surface area contributed by atoms with Gasteiger partial charge in [0.25, 0.3) is 11.5 Å². The highest BCUT2D eigenvalue weighted by Crippen LogP contribution is 2.30. The molecule has 1 aliphatic rings. The number of hydrogen-bond acceptors (Lipinski definition) is 4. The van der Waals surface area contributed by atoms with E-state index in [1.165, 1.54) is 23.0 Å². The van der Waals surface area contributed by atoms with Gasteiger partial charge in [-0.1, -0.05) is 18.2 Å². The van der Waals surface area contributed by atoms with Gasteiger partial charge in [-0.2, -0.15) is 0 Å². The van der Waals surface area contributed by atoms with Gasteiger partial charge >= 0.3 is 5.69 Å². The number of rotatable bonds is 1. The second-order valence-electron chi connectivity index (χ2n) is 6.22. The molecule has 7 heteroatoms. The van der Waals surface area contributed by atoms with Gasteiger partial charge in [-0.3, -0.25) is 18.7 Å². The molecular formula is C18H17N3O3S. The van der Waals surface area contributed by atoms with Crippen molar-refractivity contribution in [2.24, 2.45) is 14.1 Å². The highest BCUT2D eigenvalue weighted by atomic mass is 32.1. The summed E-state index contributed by atoms with van der Waals surface area (Å²) < 4.78 is 2.49. The largest absolute Gasteiger partial charge is 0.331 e. The highest BCUT2D eigenvalue weighted by Gasteiger charge is 2.25. The number of fused-ring (bicyclic) bond motifs is 2. The summed E-state index contributed by atoms with van der Waals surface area (Å²) in [6.45, 7) is 0.654. The zero-order chi connectivity index (χ0) is 17.7. The number of aromatic nitrogens is 2. The van der Waals surface area contributed by atoms with Crippen molar-refractivity contribution in [3.05, 3.63) is 61.6 Å². The van der Waals surface area contributed by atoms with Crippen LogP contribution >= 0.6 is 11.3 Å². The molecule has 0 saturated heterocycles. The van der Waals surface area contributed by atoms with Crippen LogP contribution in [0.3, 0.4) is 0 Å². The van der Waals surface area contributed by atoms with Gasteiger partial charge in [0.1, 0.15) is 4.83 Å². The van der Waals surface area contributed by atoms with Crippen molar-refractivity contribution in [1.82, 2.24) is 9.13 Å². The lowest BCUT2D eigenvalue weighted by atomic mass is 10.0. The molecule has 0 aliphatic carbocycles. The summed E-state index contributed by atoms with van der Waals surface area (Å²) in [5.41, 5.74) is 1.33. The van der Waals surface area contributed by atoms with Crippen LogP contribution in [0.1, 0.15) is 21.7 Å². The molecule has 0 bridgehead atoms. The third-order valence-electron chi connectivity index (χ3n) is 4.69. The van der Waals surface area contributed by atoms with Crippen LogP contribution in [0.5, 0.6) is 0 Å². The van der Waals surface area contributed by atoms with E-state index in [1.807, 2.05) is 24.3 Å². The SMILES string of the molecule is Cn1c(=O)c2cc(C(=O)N3CCCc4ccccc43)sc2n(C)c1=O. The molecule has 0 fully saturated rings. The highest BCUT2D eigenvalue weighted by molar-refractivity contribution is 7.20. The lowest BCUT2D eigenvalue weighted by molar-refractivity contribution is 0.0989. The van der Waals surface area contributed by atoms with Crippen LogP contribution in [0.2, 0.25) is 0 Å². The first-order valence-electron chi connectivity index (χ1n) is 8.08. The summed E-state index contributed by atoms with van der Waals surface area (Å²) in [4.78, 5) is 40.3. The molecule has 1 amide bonds. The predicted molar refractivity (Wildman–Crippen MR) is 98.7 cm³/mol. The molecular weight excluding hydrogens is 338 g/mol. The Hall–Kier alpha value is -2.67. The summed E-state index contributed by atoms with van der Waals surface area (Å²) in [7, 11) is 3.06. The predicted octanol–water partition coefficient (Wildman–Crippen LogP) is 1.89. The summed E-state index contributed by atoms with van der Waals surface area (Å²) in [6.07, 6.45) is 1.87. The standard InChI is InChI=1S/C18H17N3O3S/c1-19-15(22)12-10-14(25-17(12)20(2)18(19)24)16(23)21-9-5-7-11-6-3-4-8-13(11)21/h3-4,6,8,10H,5,7,9H2,1-2H3. The average molecular weight is 355 g/mol. The number of hydrogen-bond donors (Lipinski definition) is 0. The third kappa shape index (κ3) is 2.34. The summed E-state index contributed by atoms with van der Waals surface area (Å²) >= 11 is 1.20. The molecule has 0 spiro atoms. The molecule has 3 heterocycles. The number of benzene rings is 1. The maximum absolute atomic E-state index is 13.1. The van der Waals surface area contributed by atoms with Gasteiger partial charge in [-0.15, -0.1) is 11.3 Å². The van der Waals surface area contributed by atoms with E-state index in [-0.39, 0.29) is 17.2 Å². The van der Waals surface area contributed by atoms with Gasteiger partial charge in [-0.25, -0.2) is 4.79 Å². The van der Waals surface area contributed by atoms with Crippen molar-refractivity contribution >= 4 is 33.1 Å². The monoisotopic (exact) mass is 355 g/mol. The smallest absolute Gasteiger partial charge is 0.307 e. The molecule has 1 aromatic carbocycles. The van der Waals surface area contributed by atoms with Crippen molar-refractivity contribution in [2.75, 3.05) is 11.4 Å². The number of carbonyl (C=O) groups excluding carboxylic acids is 1. The molecule has 4 rings (SSSR count). The molecule has 0 N–H and O–H groups in total. The average Bonchev–Trinajstić information content (AvgIpc) is 3.09. The Labute approximate surface area is 147 Å². The molecule has 6 nitrogen and oxygen atoms in total. The summed E-state index contributed by atoms with van der Waals surface area (Å²) in [6, 6.07) is 9.51. The maximum Gasteiger partial charge on any atom is 0.331 e. The van der Waals surface area contributed by atoms with Gasteiger partial charge in [0.05, 0.1) is 10.3 Å². The van der Waals surface area contributed by atoms with Crippen molar-refractivity contribution in [2.45, 2.75) is 12.8 Å². The molecule has 0 radical (unpaired) electrons. The number of carbonyl (C=O) groups is 1. The second kappa shape index (κ2) is 5.70. The number of para-hydroxylation sites is 1. The Morgan fingerprint density at radius 3 is 2.68 bits per heavy atom. The van der Waals surface area contributed by atoms with Crippen LogP contribution in [-0.2, 0) is 20.5 Å². The van der Waals surface area contributed by atoms with E-state index in [0.717, 1.165) is 28.7 Å².